The molecule has 0 aromatic heterocycles. The van der Waals surface area contributed by atoms with Crippen molar-refractivity contribution in [3.63, 3.8) is 0 Å². The SMILES string of the molecule is O=C(CCCC1CCCCC1)C(=O)OCc1ccccc1. The molecule has 0 N–H and O–H groups in total. The fourth-order valence-electron chi connectivity index (χ4n) is 2.93. The molecule has 0 amide bonds. The molecule has 0 atom stereocenters. The first-order chi connectivity index (χ1) is 10.3. The Morgan fingerprint density at radius 3 is 2.48 bits per heavy atom. The maximum absolute atomic E-state index is 11.7. The minimum atomic E-state index is -0.692. The molecule has 1 saturated carbocycles. The summed E-state index contributed by atoms with van der Waals surface area (Å²) in [5.74, 6) is -0.323. The average molecular weight is 288 g/mol. The lowest BCUT2D eigenvalue weighted by Crippen LogP contribution is -2.17. The van der Waals surface area contributed by atoms with Crippen molar-refractivity contribution in [1.82, 2.24) is 0 Å². The Kier molecular flexibility index (Phi) is 6.45. The van der Waals surface area contributed by atoms with E-state index < -0.39 is 5.97 Å². The van der Waals surface area contributed by atoms with E-state index in [4.69, 9.17) is 4.74 Å². The Bertz CT molecular complexity index is 447. The van der Waals surface area contributed by atoms with Crippen LogP contribution in [-0.4, -0.2) is 11.8 Å². The molecule has 1 aliphatic carbocycles. The van der Waals surface area contributed by atoms with Gasteiger partial charge in [0, 0.05) is 6.42 Å². The maximum Gasteiger partial charge on any atom is 0.374 e. The number of ether oxygens (including phenoxy) is 1. The Morgan fingerprint density at radius 1 is 1.05 bits per heavy atom. The molecule has 21 heavy (non-hydrogen) atoms. The second-order valence-corrected chi connectivity index (χ2v) is 5.88. The van der Waals surface area contributed by atoms with Crippen LogP contribution in [0.15, 0.2) is 30.3 Å². The second kappa shape index (κ2) is 8.60. The van der Waals surface area contributed by atoms with Gasteiger partial charge >= 0.3 is 5.97 Å². The minimum absolute atomic E-state index is 0.175. The fraction of sp³-hybridized carbons (Fsp3) is 0.556. The van der Waals surface area contributed by atoms with Gasteiger partial charge < -0.3 is 4.74 Å². The van der Waals surface area contributed by atoms with Gasteiger partial charge in [-0.25, -0.2) is 4.79 Å². The highest BCUT2D eigenvalue weighted by molar-refractivity contribution is 6.33. The van der Waals surface area contributed by atoms with Crippen LogP contribution in [-0.2, 0) is 20.9 Å². The van der Waals surface area contributed by atoms with Crippen LogP contribution >= 0.6 is 0 Å². The van der Waals surface area contributed by atoms with Crippen molar-refractivity contribution < 1.29 is 14.3 Å². The molecule has 0 saturated heterocycles. The summed E-state index contributed by atoms with van der Waals surface area (Å²) in [5, 5.41) is 0. The van der Waals surface area contributed by atoms with Gasteiger partial charge in [0.05, 0.1) is 0 Å². The molecule has 1 aromatic rings. The summed E-state index contributed by atoms with van der Waals surface area (Å²) in [6.45, 7) is 0.175. The molecule has 3 heteroatoms. The molecule has 1 fully saturated rings. The quantitative estimate of drug-likeness (QED) is 0.561. The number of benzene rings is 1. The van der Waals surface area contributed by atoms with Crippen molar-refractivity contribution in [2.75, 3.05) is 0 Å². The van der Waals surface area contributed by atoms with Gasteiger partial charge in [0.25, 0.3) is 0 Å². The highest BCUT2D eigenvalue weighted by Gasteiger charge is 2.17. The van der Waals surface area contributed by atoms with Crippen LogP contribution < -0.4 is 0 Å². The van der Waals surface area contributed by atoms with Gasteiger partial charge in [0.15, 0.2) is 0 Å². The zero-order valence-corrected chi connectivity index (χ0v) is 12.6. The van der Waals surface area contributed by atoms with E-state index in [0.717, 1.165) is 24.3 Å². The number of rotatable bonds is 7. The number of hydrogen-bond donors (Lipinski definition) is 0. The van der Waals surface area contributed by atoms with Crippen molar-refractivity contribution in [3.8, 4) is 0 Å². The summed E-state index contributed by atoms with van der Waals surface area (Å²) in [6, 6.07) is 9.42. The molecule has 1 aliphatic rings. The van der Waals surface area contributed by atoms with Crippen molar-refractivity contribution in [3.05, 3.63) is 35.9 Å². The Morgan fingerprint density at radius 2 is 1.76 bits per heavy atom. The van der Waals surface area contributed by atoms with Gasteiger partial charge in [-0.2, -0.15) is 0 Å². The Balaban J connectivity index is 1.62. The van der Waals surface area contributed by atoms with Gasteiger partial charge in [-0.3, -0.25) is 4.79 Å². The molecular formula is C18H24O3. The van der Waals surface area contributed by atoms with Crippen LogP contribution in [0.3, 0.4) is 0 Å². The molecule has 1 aromatic carbocycles. The van der Waals surface area contributed by atoms with Gasteiger partial charge in [-0.05, 0) is 17.9 Å². The van der Waals surface area contributed by atoms with E-state index in [1.54, 1.807) is 0 Å². The second-order valence-electron chi connectivity index (χ2n) is 5.88. The molecule has 0 spiro atoms. The van der Waals surface area contributed by atoms with E-state index in [1.807, 2.05) is 30.3 Å². The predicted octanol–water partition coefficient (Wildman–Crippen LogP) is 4.05. The van der Waals surface area contributed by atoms with Crippen molar-refractivity contribution in [1.29, 1.82) is 0 Å². The number of carbonyl (C=O) groups is 2. The fourth-order valence-corrected chi connectivity index (χ4v) is 2.93. The van der Waals surface area contributed by atoms with Crippen LogP contribution in [0, 0.1) is 5.92 Å². The monoisotopic (exact) mass is 288 g/mol. The van der Waals surface area contributed by atoms with Crippen LogP contribution in [0.25, 0.3) is 0 Å². The normalized spacial score (nSPS) is 15.6. The summed E-state index contributed by atoms with van der Waals surface area (Å²) in [6.07, 6.45) is 8.75. The molecule has 2 rings (SSSR count). The molecule has 0 aliphatic heterocycles. The van der Waals surface area contributed by atoms with E-state index >= 15 is 0 Å². The summed E-state index contributed by atoms with van der Waals surface area (Å²) < 4.78 is 5.04. The molecule has 114 valence electrons. The minimum Gasteiger partial charge on any atom is -0.455 e. The van der Waals surface area contributed by atoms with E-state index in [0.29, 0.717) is 6.42 Å². The van der Waals surface area contributed by atoms with E-state index in [-0.39, 0.29) is 12.4 Å². The first-order valence-electron chi connectivity index (χ1n) is 7.99. The third kappa shape index (κ3) is 5.70. The molecule has 0 heterocycles. The predicted molar refractivity (Wildman–Crippen MR) is 81.7 cm³/mol. The molecule has 0 radical (unpaired) electrons. The van der Waals surface area contributed by atoms with E-state index in [9.17, 15) is 9.59 Å². The zero-order chi connectivity index (χ0) is 14.9. The standard InChI is InChI=1S/C18H24O3/c19-17(13-7-12-15-8-3-1-4-9-15)18(20)21-14-16-10-5-2-6-11-16/h2,5-6,10-11,15H,1,3-4,7-9,12-14H2. The summed E-state index contributed by atoms with van der Waals surface area (Å²) in [4.78, 5) is 23.4. The number of esters is 1. The molecule has 0 bridgehead atoms. The van der Waals surface area contributed by atoms with Crippen LogP contribution in [0.1, 0.15) is 56.9 Å². The Hall–Kier alpha value is -1.64. The van der Waals surface area contributed by atoms with Crippen LogP contribution in [0.2, 0.25) is 0 Å². The lowest BCUT2D eigenvalue weighted by atomic mass is 9.85. The topological polar surface area (TPSA) is 43.4 Å². The molecule has 3 nitrogen and oxygen atoms in total. The van der Waals surface area contributed by atoms with Crippen LogP contribution in [0.5, 0.6) is 0 Å². The highest BCUT2D eigenvalue weighted by atomic mass is 16.5. The first kappa shape index (κ1) is 15.7. The number of carbonyl (C=O) groups excluding carboxylic acids is 2. The van der Waals surface area contributed by atoms with Crippen molar-refractivity contribution >= 4 is 11.8 Å². The van der Waals surface area contributed by atoms with E-state index in [2.05, 4.69) is 0 Å². The van der Waals surface area contributed by atoms with Gasteiger partial charge in [0.2, 0.25) is 5.78 Å². The largest absolute Gasteiger partial charge is 0.455 e. The maximum atomic E-state index is 11.7. The smallest absolute Gasteiger partial charge is 0.374 e. The number of ketones is 1. The van der Waals surface area contributed by atoms with E-state index in [1.165, 1.54) is 32.1 Å². The lowest BCUT2D eigenvalue weighted by molar-refractivity contribution is -0.154. The number of Topliss-reactive ketones (excluding diaryl/α,β-unsaturated/α-hetero) is 1. The third-order valence-electron chi connectivity index (χ3n) is 4.18. The zero-order valence-electron chi connectivity index (χ0n) is 12.6. The van der Waals surface area contributed by atoms with Crippen molar-refractivity contribution in [2.24, 2.45) is 5.92 Å². The lowest BCUT2D eigenvalue weighted by Gasteiger charge is -2.20. The average Bonchev–Trinajstić information content (AvgIpc) is 2.54. The molecule has 0 unspecified atom stereocenters. The van der Waals surface area contributed by atoms with Gasteiger partial charge in [-0.1, -0.05) is 68.9 Å². The van der Waals surface area contributed by atoms with Gasteiger partial charge in [-0.15, -0.1) is 0 Å². The van der Waals surface area contributed by atoms with Crippen molar-refractivity contribution in [2.45, 2.75) is 58.0 Å². The molecular weight excluding hydrogens is 264 g/mol. The highest BCUT2D eigenvalue weighted by Crippen LogP contribution is 2.27. The number of hydrogen-bond acceptors (Lipinski definition) is 3. The van der Waals surface area contributed by atoms with Crippen LogP contribution in [0.4, 0.5) is 0 Å². The summed E-state index contributed by atoms with van der Waals surface area (Å²) in [7, 11) is 0. The Labute approximate surface area is 126 Å². The summed E-state index contributed by atoms with van der Waals surface area (Å²) >= 11 is 0. The first-order valence-corrected chi connectivity index (χ1v) is 7.99. The third-order valence-corrected chi connectivity index (χ3v) is 4.18. The summed E-state index contributed by atoms with van der Waals surface area (Å²) in [5.41, 5.74) is 0.904. The van der Waals surface area contributed by atoms with Gasteiger partial charge in [0.1, 0.15) is 6.61 Å².